The van der Waals surface area contributed by atoms with Gasteiger partial charge in [-0.1, -0.05) is 12.1 Å². The Hall–Kier alpha value is -2.24. The van der Waals surface area contributed by atoms with E-state index in [0.29, 0.717) is 6.07 Å². The van der Waals surface area contributed by atoms with Gasteiger partial charge in [0.15, 0.2) is 5.69 Å². The van der Waals surface area contributed by atoms with E-state index in [9.17, 15) is 26.0 Å². The van der Waals surface area contributed by atoms with Gasteiger partial charge in [0.1, 0.15) is 10.7 Å². The highest BCUT2D eigenvalue weighted by molar-refractivity contribution is 7.89. The van der Waals surface area contributed by atoms with Crippen LogP contribution in [-0.2, 0) is 16.2 Å². The number of alkyl halides is 3. The number of benzene rings is 1. The zero-order chi connectivity index (χ0) is 19.3. The highest BCUT2D eigenvalue weighted by atomic mass is 32.2. The van der Waals surface area contributed by atoms with Gasteiger partial charge in [-0.25, -0.2) is 22.6 Å². The Labute approximate surface area is 149 Å². The molecule has 0 fully saturated rings. The van der Waals surface area contributed by atoms with Crippen LogP contribution >= 0.6 is 11.3 Å². The third kappa shape index (κ3) is 3.24. The number of aromatic nitrogens is 2. The maximum absolute atomic E-state index is 14.3. The summed E-state index contributed by atoms with van der Waals surface area (Å²) < 4.78 is 78.1. The summed E-state index contributed by atoms with van der Waals surface area (Å²) in [5.74, 6) is -0.696. The van der Waals surface area contributed by atoms with Crippen LogP contribution in [0.4, 0.5) is 17.6 Å². The zero-order valence-electron chi connectivity index (χ0n) is 13.1. The summed E-state index contributed by atoms with van der Waals surface area (Å²) in [6, 6.07) is 5.84. The van der Waals surface area contributed by atoms with Crippen molar-refractivity contribution in [3.05, 3.63) is 52.8 Å². The molecule has 0 bridgehead atoms. The second-order valence-corrected chi connectivity index (χ2v) is 7.81. The summed E-state index contributed by atoms with van der Waals surface area (Å²) in [5, 5.41) is 10.1. The smallest absolute Gasteiger partial charge is 0.230 e. The van der Waals surface area contributed by atoms with Gasteiger partial charge in [-0.15, -0.1) is 11.3 Å². The van der Waals surface area contributed by atoms with Crippen LogP contribution in [-0.4, -0.2) is 18.2 Å². The molecule has 2 heterocycles. The number of rotatable bonds is 3. The van der Waals surface area contributed by atoms with E-state index >= 15 is 0 Å². The number of hydrogen-bond acceptors (Lipinski definition) is 4. The topological polar surface area (TPSA) is 78.0 Å². The Bertz CT molecular complexity index is 1080. The van der Waals surface area contributed by atoms with Gasteiger partial charge in [0.2, 0.25) is 10.0 Å². The van der Waals surface area contributed by atoms with Crippen molar-refractivity contribution < 1.29 is 26.0 Å². The minimum atomic E-state index is -4.79. The van der Waals surface area contributed by atoms with Crippen LogP contribution in [0.15, 0.2) is 40.6 Å². The Morgan fingerprint density at radius 1 is 1.23 bits per heavy atom. The summed E-state index contributed by atoms with van der Waals surface area (Å²) >= 11 is 0.892. The molecule has 2 N–H and O–H groups in total. The van der Waals surface area contributed by atoms with Gasteiger partial charge in [-0.05, 0) is 36.1 Å². The lowest BCUT2D eigenvalue weighted by Gasteiger charge is -2.10. The molecule has 0 unspecified atom stereocenters. The summed E-state index contributed by atoms with van der Waals surface area (Å²) in [6.07, 6.45) is -4.79. The first-order chi connectivity index (χ1) is 12.0. The summed E-state index contributed by atoms with van der Waals surface area (Å²) in [5.41, 5.74) is -1.44. The Balaban J connectivity index is 2.36. The van der Waals surface area contributed by atoms with E-state index < -0.39 is 32.6 Å². The van der Waals surface area contributed by atoms with Gasteiger partial charge in [0.05, 0.1) is 16.3 Å². The summed E-state index contributed by atoms with van der Waals surface area (Å²) in [6.45, 7) is 1.47. The normalized spacial score (nSPS) is 12.5. The highest BCUT2D eigenvalue weighted by Crippen LogP contribution is 2.38. The van der Waals surface area contributed by atoms with E-state index in [0.717, 1.165) is 22.1 Å². The van der Waals surface area contributed by atoms with Crippen molar-refractivity contribution in [1.82, 2.24) is 9.78 Å². The van der Waals surface area contributed by atoms with Crippen LogP contribution in [0.1, 0.15) is 11.3 Å². The Morgan fingerprint density at radius 3 is 2.42 bits per heavy atom. The van der Waals surface area contributed by atoms with Crippen LogP contribution in [0.25, 0.3) is 16.3 Å². The Morgan fingerprint density at radius 2 is 1.88 bits per heavy atom. The number of nitrogens with two attached hydrogens (primary N) is 1. The van der Waals surface area contributed by atoms with Crippen molar-refractivity contribution in [2.45, 2.75) is 18.0 Å². The molecule has 0 aliphatic heterocycles. The standard InChI is InChI=1S/C15H11F4N3O2S2/c1-8-7-25-14(13(8)16)10-6-12(15(17,18)19)21-22(10)9-4-2-3-5-11(9)26(20,23)24/h2-7H,1H3,(H2,20,23,24). The van der Waals surface area contributed by atoms with E-state index in [1.54, 1.807) is 0 Å². The van der Waals surface area contributed by atoms with Gasteiger partial charge < -0.3 is 0 Å². The van der Waals surface area contributed by atoms with Gasteiger partial charge >= 0.3 is 6.18 Å². The lowest BCUT2D eigenvalue weighted by molar-refractivity contribution is -0.141. The van der Waals surface area contributed by atoms with E-state index in [2.05, 4.69) is 5.10 Å². The first-order valence-electron chi connectivity index (χ1n) is 7.03. The number of aryl methyl sites for hydroxylation is 1. The van der Waals surface area contributed by atoms with Crippen LogP contribution in [0.5, 0.6) is 0 Å². The molecule has 0 aliphatic carbocycles. The van der Waals surface area contributed by atoms with E-state index in [-0.39, 0.29) is 21.8 Å². The van der Waals surface area contributed by atoms with Crippen LogP contribution in [0.2, 0.25) is 0 Å². The fourth-order valence-corrected chi connectivity index (χ4v) is 3.98. The lowest BCUT2D eigenvalue weighted by atomic mass is 10.2. The molecule has 0 amide bonds. The number of hydrogen-bond donors (Lipinski definition) is 1. The number of halogens is 4. The third-order valence-corrected chi connectivity index (χ3v) is 5.59. The molecule has 26 heavy (non-hydrogen) atoms. The molecule has 0 saturated carbocycles. The molecule has 1 aromatic carbocycles. The molecular formula is C15H11F4N3O2S2. The first-order valence-corrected chi connectivity index (χ1v) is 9.46. The largest absolute Gasteiger partial charge is 0.435 e. The molecule has 5 nitrogen and oxygen atoms in total. The van der Waals surface area contributed by atoms with E-state index in [4.69, 9.17) is 5.14 Å². The molecule has 3 aromatic rings. The highest BCUT2D eigenvalue weighted by Gasteiger charge is 2.36. The maximum atomic E-state index is 14.3. The van der Waals surface area contributed by atoms with Crippen LogP contribution < -0.4 is 5.14 Å². The quantitative estimate of drug-likeness (QED) is 0.675. The fraction of sp³-hybridized carbons (Fsp3) is 0.133. The van der Waals surface area contributed by atoms with E-state index in [1.165, 1.54) is 30.5 Å². The Kier molecular flexibility index (Phi) is 4.41. The number of sulfonamides is 1. The molecular weight excluding hydrogens is 394 g/mol. The van der Waals surface area contributed by atoms with Crippen LogP contribution in [0, 0.1) is 12.7 Å². The second kappa shape index (κ2) is 6.18. The van der Waals surface area contributed by atoms with E-state index in [1.807, 2.05) is 0 Å². The van der Waals surface area contributed by atoms with Crippen molar-refractivity contribution in [2.24, 2.45) is 5.14 Å². The molecule has 11 heteroatoms. The van der Waals surface area contributed by atoms with Crippen molar-refractivity contribution in [1.29, 1.82) is 0 Å². The monoisotopic (exact) mass is 405 g/mol. The number of primary sulfonamides is 1. The average Bonchev–Trinajstić information content (AvgIpc) is 3.11. The predicted molar refractivity (Wildman–Crippen MR) is 87.9 cm³/mol. The van der Waals surface area contributed by atoms with Gasteiger partial charge in [0.25, 0.3) is 0 Å². The summed E-state index contributed by atoms with van der Waals surface area (Å²) in [7, 11) is -4.24. The van der Waals surface area contributed by atoms with Gasteiger partial charge in [0, 0.05) is 0 Å². The summed E-state index contributed by atoms with van der Waals surface area (Å²) in [4.78, 5) is -0.513. The average molecular weight is 405 g/mol. The SMILES string of the molecule is Cc1csc(-c2cc(C(F)(F)F)nn2-c2ccccc2S(N)(=O)=O)c1F. The molecule has 0 radical (unpaired) electrons. The number of thiophene rings is 1. The molecule has 0 spiro atoms. The molecule has 0 saturated heterocycles. The molecule has 3 rings (SSSR count). The number of para-hydroxylation sites is 1. The first kappa shape index (κ1) is 18.5. The lowest BCUT2D eigenvalue weighted by Crippen LogP contribution is -2.16. The molecule has 0 aliphatic rings. The number of nitrogens with zero attached hydrogens (tertiary/aromatic N) is 2. The van der Waals surface area contributed by atoms with Crippen molar-refractivity contribution >= 4 is 21.4 Å². The van der Waals surface area contributed by atoms with Crippen molar-refractivity contribution in [3.8, 4) is 16.3 Å². The molecule has 138 valence electrons. The van der Waals surface area contributed by atoms with Crippen molar-refractivity contribution in [2.75, 3.05) is 0 Å². The minimum Gasteiger partial charge on any atom is -0.230 e. The predicted octanol–water partition coefficient (Wildman–Crippen LogP) is 3.71. The zero-order valence-corrected chi connectivity index (χ0v) is 14.7. The van der Waals surface area contributed by atoms with Crippen molar-refractivity contribution in [3.63, 3.8) is 0 Å². The fourth-order valence-electron chi connectivity index (χ4n) is 2.34. The molecule has 2 aromatic heterocycles. The molecule has 0 atom stereocenters. The minimum absolute atomic E-state index is 0.0882. The second-order valence-electron chi connectivity index (χ2n) is 5.40. The van der Waals surface area contributed by atoms with Gasteiger partial charge in [-0.3, -0.25) is 0 Å². The van der Waals surface area contributed by atoms with Crippen LogP contribution in [0.3, 0.4) is 0 Å². The van der Waals surface area contributed by atoms with Gasteiger partial charge in [-0.2, -0.15) is 18.3 Å². The maximum Gasteiger partial charge on any atom is 0.435 e. The third-order valence-electron chi connectivity index (χ3n) is 3.53.